The fourth-order valence-corrected chi connectivity index (χ4v) is 6.18. The molecular weight excluding hydrogens is 414 g/mol. The number of amides is 3. The lowest BCUT2D eigenvalue weighted by Crippen LogP contribution is -2.51. The van der Waals surface area contributed by atoms with E-state index in [9.17, 15) is 9.59 Å². The van der Waals surface area contributed by atoms with Crippen molar-refractivity contribution in [3.63, 3.8) is 0 Å². The number of nitrogens with zero attached hydrogens (tertiary/aromatic N) is 2. The molecule has 33 heavy (non-hydrogen) atoms. The summed E-state index contributed by atoms with van der Waals surface area (Å²) >= 11 is 0. The predicted octanol–water partition coefficient (Wildman–Crippen LogP) is 5.50. The second-order valence-corrected chi connectivity index (χ2v) is 12.1. The maximum Gasteiger partial charge on any atom is 0.410 e. The smallest absolute Gasteiger partial charge is 0.410 e. The lowest BCUT2D eigenvalue weighted by atomic mass is 9.64. The summed E-state index contributed by atoms with van der Waals surface area (Å²) in [5.41, 5.74) is 0.155. The zero-order valence-corrected chi connectivity index (χ0v) is 21.2. The average molecular weight is 458 g/mol. The van der Waals surface area contributed by atoms with E-state index in [0.29, 0.717) is 30.0 Å². The molecule has 0 aromatic rings. The Balaban J connectivity index is 1.21. The second kappa shape index (κ2) is 8.99. The van der Waals surface area contributed by atoms with Crippen LogP contribution in [0.5, 0.6) is 0 Å². The molecule has 1 N–H and O–H groups in total. The van der Waals surface area contributed by atoms with Crippen LogP contribution in [-0.4, -0.2) is 59.7 Å². The maximum absolute atomic E-state index is 13.0. The molecule has 3 aliphatic carbocycles. The summed E-state index contributed by atoms with van der Waals surface area (Å²) in [6.45, 7) is 9.33. The van der Waals surface area contributed by atoms with Crippen LogP contribution in [0.4, 0.5) is 9.59 Å². The van der Waals surface area contributed by atoms with Crippen LogP contribution in [0.15, 0.2) is 24.3 Å². The van der Waals surface area contributed by atoms with Crippen LogP contribution < -0.4 is 5.32 Å². The molecule has 1 unspecified atom stereocenters. The SMILES string of the molecule is CN(C(=O)N[C@H]1CC12CCC(C1(C)C=CC=CC1)CC2)C1CCN(C(=O)OC(C)(C)C)CC1. The highest BCUT2D eigenvalue weighted by atomic mass is 16.6. The molecule has 184 valence electrons. The molecule has 1 heterocycles. The third-order valence-corrected chi connectivity index (χ3v) is 8.67. The molecule has 1 saturated heterocycles. The minimum Gasteiger partial charge on any atom is -0.444 e. The van der Waals surface area contributed by atoms with Crippen LogP contribution in [0.3, 0.4) is 0 Å². The van der Waals surface area contributed by atoms with Crippen LogP contribution in [0.2, 0.25) is 0 Å². The van der Waals surface area contributed by atoms with E-state index < -0.39 is 5.60 Å². The number of carbonyl (C=O) groups excluding carboxylic acids is 2. The van der Waals surface area contributed by atoms with Gasteiger partial charge in [-0.15, -0.1) is 0 Å². The highest BCUT2D eigenvalue weighted by Crippen LogP contribution is 2.60. The number of hydrogen-bond acceptors (Lipinski definition) is 3. The fraction of sp³-hybridized carbons (Fsp3) is 0.778. The van der Waals surface area contributed by atoms with Crippen molar-refractivity contribution in [2.75, 3.05) is 20.1 Å². The van der Waals surface area contributed by atoms with E-state index >= 15 is 0 Å². The Morgan fingerprint density at radius 3 is 2.33 bits per heavy atom. The van der Waals surface area contributed by atoms with Gasteiger partial charge in [0.05, 0.1) is 0 Å². The average Bonchev–Trinajstić information content (AvgIpc) is 3.43. The Morgan fingerprint density at radius 2 is 1.76 bits per heavy atom. The van der Waals surface area contributed by atoms with Gasteiger partial charge in [0.15, 0.2) is 0 Å². The van der Waals surface area contributed by atoms with Crippen molar-refractivity contribution in [2.24, 2.45) is 16.7 Å². The molecule has 0 aromatic heterocycles. The maximum atomic E-state index is 13.0. The molecule has 6 nitrogen and oxygen atoms in total. The number of carbonyl (C=O) groups is 2. The molecular formula is C27H43N3O3. The predicted molar refractivity (Wildman–Crippen MR) is 131 cm³/mol. The summed E-state index contributed by atoms with van der Waals surface area (Å²) < 4.78 is 5.48. The monoisotopic (exact) mass is 457 g/mol. The molecule has 0 aromatic carbocycles. The van der Waals surface area contributed by atoms with Crippen molar-refractivity contribution in [1.29, 1.82) is 0 Å². The van der Waals surface area contributed by atoms with Crippen molar-refractivity contribution in [3.05, 3.63) is 24.3 Å². The van der Waals surface area contributed by atoms with Gasteiger partial charge in [0.2, 0.25) is 0 Å². The molecule has 1 spiro atoms. The standard InChI is InChI=1S/C27H43N3O3/c1-25(2,3)33-24(32)30-17-11-21(12-18-30)29(5)23(31)28-22-19-27(22)15-9-20(10-16-27)26(4)13-7-6-8-14-26/h6-8,13,20-22H,9-12,14-19H2,1-5H3,(H,28,31)/t20?,22-,26?,27?/m0/s1. The van der Waals surface area contributed by atoms with Crippen LogP contribution in [0.1, 0.15) is 79.1 Å². The molecule has 3 fully saturated rings. The van der Waals surface area contributed by atoms with Crippen molar-refractivity contribution in [1.82, 2.24) is 15.1 Å². The molecule has 0 radical (unpaired) electrons. The lowest BCUT2D eigenvalue weighted by molar-refractivity contribution is 0.0172. The Kier molecular flexibility index (Phi) is 6.58. The number of urea groups is 1. The minimum absolute atomic E-state index is 0.0435. The summed E-state index contributed by atoms with van der Waals surface area (Å²) in [7, 11) is 1.90. The highest BCUT2D eigenvalue weighted by Gasteiger charge is 2.57. The summed E-state index contributed by atoms with van der Waals surface area (Å²) in [4.78, 5) is 28.9. The van der Waals surface area contributed by atoms with E-state index in [1.165, 1.54) is 25.7 Å². The molecule has 4 rings (SSSR count). The Labute approximate surface area is 199 Å². The summed E-state index contributed by atoms with van der Waals surface area (Å²) in [5.74, 6) is 0.749. The van der Waals surface area contributed by atoms with E-state index in [1.807, 2.05) is 32.7 Å². The molecule has 0 bridgehead atoms. The zero-order valence-electron chi connectivity index (χ0n) is 21.2. The molecule has 1 aliphatic heterocycles. The van der Waals surface area contributed by atoms with Gasteiger partial charge in [0.1, 0.15) is 5.60 Å². The number of nitrogens with one attached hydrogen (secondary N) is 1. The fourth-order valence-electron chi connectivity index (χ4n) is 6.18. The number of piperidine rings is 1. The molecule has 4 aliphatic rings. The van der Waals surface area contributed by atoms with Gasteiger partial charge < -0.3 is 19.9 Å². The van der Waals surface area contributed by atoms with Gasteiger partial charge in [-0.2, -0.15) is 0 Å². The number of rotatable bonds is 3. The third-order valence-electron chi connectivity index (χ3n) is 8.67. The largest absolute Gasteiger partial charge is 0.444 e. The summed E-state index contributed by atoms with van der Waals surface area (Å²) in [6, 6.07) is 0.534. The van der Waals surface area contributed by atoms with Crippen molar-refractivity contribution in [3.8, 4) is 0 Å². The molecule has 2 saturated carbocycles. The first kappa shape index (κ1) is 24.2. The Morgan fingerprint density at radius 1 is 1.09 bits per heavy atom. The van der Waals surface area contributed by atoms with Gasteiger partial charge in [-0.05, 0) is 88.9 Å². The van der Waals surface area contributed by atoms with Crippen molar-refractivity contribution in [2.45, 2.75) is 96.7 Å². The number of allylic oxidation sites excluding steroid dienone is 4. The van der Waals surface area contributed by atoms with E-state index in [4.69, 9.17) is 4.74 Å². The highest BCUT2D eigenvalue weighted by molar-refractivity contribution is 5.75. The minimum atomic E-state index is -0.480. The van der Waals surface area contributed by atoms with Crippen LogP contribution in [0.25, 0.3) is 0 Å². The topological polar surface area (TPSA) is 61.9 Å². The van der Waals surface area contributed by atoms with E-state index in [-0.39, 0.29) is 18.2 Å². The number of ether oxygens (including phenoxy) is 1. The van der Waals surface area contributed by atoms with Gasteiger partial charge >= 0.3 is 12.1 Å². The first-order valence-electron chi connectivity index (χ1n) is 12.9. The van der Waals surface area contributed by atoms with E-state index in [2.05, 4.69) is 36.5 Å². The van der Waals surface area contributed by atoms with E-state index in [1.54, 1.807) is 4.90 Å². The lowest BCUT2D eigenvalue weighted by Gasteiger charge is -2.41. The first-order valence-corrected chi connectivity index (χ1v) is 12.9. The van der Waals surface area contributed by atoms with Gasteiger partial charge in [-0.3, -0.25) is 0 Å². The van der Waals surface area contributed by atoms with Gasteiger partial charge in [-0.1, -0.05) is 31.2 Å². The number of hydrogen-bond donors (Lipinski definition) is 1. The van der Waals surface area contributed by atoms with Crippen LogP contribution in [0, 0.1) is 16.7 Å². The Bertz CT molecular complexity index is 798. The molecule has 3 amide bonds. The molecule has 2 atom stereocenters. The summed E-state index contributed by atoms with van der Waals surface area (Å²) in [6.07, 6.45) is 17.7. The van der Waals surface area contributed by atoms with Gasteiger partial charge in [0.25, 0.3) is 0 Å². The third kappa shape index (κ3) is 5.41. The molecule has 6 heteroatoms. The Hall–Kier alpha value is -1.98. The van der Waals surface area contributed by atoms with Crippen LogP contribution in [-0.2, 0) is 4.74 Å². The zero-order chi connectivity index (χ0) is 23.9. The van der Waals surface area contributed by atoms with Gasteiger partial charge in [-0.25, -0.2) is 9.59 Å². The first-order chi connectivity index (χ1) is 15.5. The normalized spacial score (nSPS) is 34.3. The van der Waals surface area contributed by atoms with Crippen molar-refractivity contribution >= 4 is 12.1 Å². The van der Waals surface area contributed by atoms with E-state index in [0.717, 1.165) is 31.6 Å². The second-order valence-electron chi connectivity index (χ2n) is 12.1. The van der Waals surface area contributed by atoms with Crippen LogP contribution >= 0.6 is 0 Å². The number of likely N-dealkylation sites (tertiary alicyclic amines) is 1. The van der Waals surface area contributed by atoms with Gasteiger partial charge in [0, 0.05) is 32.2 Å². The summed E-state index contributed by atoms with van der Waals surface area (Å²) in [5, 5.41) is 3.34. The van der Waals surface area contributed by atoms with Crippen molar-refractivity contribution < 1.29 is 14.3 Å². The quantitative estimate of drug-likeness (QED) is 0.609.